The summed E-state index contributed by atoms with van der Waals surface area (Å²) in [6.45, 7) is 2.51. The Labute approximate surface area is 162 Å². The first kappa shape index (κ1) is 17.6. The van der Waals surface area contributed by atoms with E-state index in [0.29, 0.717) is 6.54 Å². The van der Waals surface area contributed by atoms with Crippen LogP contribution in [0.2, 0.25) is 0 Å². The lowest BCUT2D eigenvalue weighted by molar-refractivity contribution is -0.902. The van der Waals surface area contributed by atoms with Crippen LogP contribution in [0, 0.1) is 0 Å². The molecule has 1 heterocycles. The number of quaternary nitrogens is 1. The van der Waals surface area contributed by atoms with Crippen LogP contribution in [0.15, 0.2) is 66.7 Å². The Bertz CT molecular complexity index is 1070. The second kappa shape index (κ2) is 7.47. The van der Waals surface area contributed by atoms with Crippen LogP contribution in [0.25, 0.3) is 21.0 Å². The van der Waals surface area contributed by atoms with Crippen molar-refractivity contribution in [1.29, 1.82) is 0 Å². The standard InChI is InChI=1S/C22H21N3OS/c1-15(22-24-19-9-5-6-10-20(19)27-22)25(2)14-21(26)23-18-12-11-16-7-3-4-8-17(16)13-18/h3-13,15H,14H2,1-2H3,(H,23,26)/p+1/t15-/m1/s1. The maximum Gasteiger partial charge on any atom is 0.279 e. The number of thiazole rings is 1. The number of carbonyl (C=O) groups is 1. The minimum Gasteiger partial charge on any atom is -0.322 e. The minimum absolute atomic E-state index is 0.00995. The molecule has 0 aliphatic heterocycles. The van der Waals surface area contributed by atoms with Crippen LogP contribution in [0.3, 0.4) is 0 Å². The molecule has 0 aliphatic carbocycles. The Morgan fingerprint density at radius 3 is 2.63 bits per heavy atom. The topological polar surface area (TPSA) is 46.4 Å². The van der Waals surface area contributed by atoms with Gasteiger partial charge in [-0.05, 0) is 42.0 Å². The van der Waals surface area contributed by atoms with E-state index in [1.54, 1.807) is 11.3 Å². The summed E-state index contributed by atoms with van der Waals surface area (Å²) in [7, 11) is 2.04. The molecule has 0 saturated carbocycles. The number of aromatic nitrogens is 1. The minimum atomic E-state index is 0.00995. The molecule has 27 heavy (non-hydrogen) atoms. The Kier molecular flexibility index (Phi) is 4.88. The summed E-state index contributed by atoms with van der Waals surface area (Å²) in [4.78, 5) is 18.4. The number of hydrogen-bond acceptors (Lipinski definition) is 3. The summed E-state index contributed by atoms with van der Waals surface area (Å²) in [5.41, 5.74) is 1.86. The number of rotatable bonds is 5. The second-order valence-corrected chi connectivity index (χ2v) is 7.94. The molecule has 0 fully saturated rings. The van der Waals surface area contributed by atoms with E-state index < -0.39 is 0 Å². The number of hydrogen-bond donors (Lipinski definition) is 2. The molecule has 0 aliphatic rings. The molecule has 3 aromatic carbocycles. The van der Waals surface area contributed by atoms with Crippen molar-refractivity contribution in [3.8, 4) is 0 Å². The van der Waals surface area contributed by atoms with Crippen molar-refractivity contribution in [2.24, 2.45) is 0 Å². The van der Waals surface area contributed by atoms with E-state index in [2.05, 4.69) is 30.4 Å². The van der Waals surface area contributed by atoms with Crippen LogP contribution in [0.1, 0.15) is 18.0 Å². The van der Waals surface area contributed by atoms with Crippen molar-refractivity contribution in [1.82, 2.24) is 4.98 Å². The molecule has 136 valence electrons. The third-order valence-electron chi connectivity index (χ3n) is 4.89. The van der Waals surface area contributed by atoms with Gasteiger partial charge in [0.15, 0.2) is 11.6 Å². The highest BCUT2D eigenvalue weighted by molar-refractivity contribution is 7.18. The molecule has 0 radical (unpaired) electrons. The molecular formula is C22H22N3OS+. The van der Waals surface area contributed by atoms with Crippen LogP contribution in [0.4, 0.5) is 5.69 Å². The fraction of sp³-hybridized carbons (Fsp3) is 0.182. The highest BCUT2D eigenvalue weighted by Gasteiger charge is 2.22. The predicted molar refractivity (Wildman–Crippen MR) is 112 cm³/mol. The molecule has 4 aromatic rings. The lowest BCUT2D eigenvalue weighted by atomic mass is 10.1. The van der Waals surface area contributed by atoms with Crippen LogP contribution < -0.4 is 10.2 Å². The quantitative estimate of drug-likeness (QED) is 0.558. The predicted octanol–water partition coefficient (Wildman–Crippen LogP) is 3.66. The van der Waals surface area contributed by atoms with Gasteiger partial charge in [0, 0.05) is 5.69 Å². The van der Waals surface area contributed by atoms with Crippen LogP contribution in [0.5, 0.6) is 0 Å². The normalized spacial score (nSPS) is 13.6. The molecule has 4 rings (SSSR count). The summed E-state index contributed by atoms with van der Waals surface area (Å²) >= 11 is 1.70. The lowest BCUT2D eigenvalue weighted by Gasteiger charge is -2.19. The van der Waals surface area contributed by atoms with Crippen molar-refractivity contribution in [2.75, 3.05) is 18.9 Å². The third kappa shape index (κ3) is 3.84. The summed E-state index contributed by atoms with van der Waals surface area (Å²) in [5, 5.41) is 6.38. The molecule has 4 nitrogen and oxygen atoms in total. The summed E-state index contributed by atoms with van der Waals surface area (Å²) in [5.74, 6) is 0.00995. The van der Waals surface area contributed by atoms with E-state index in [4.69, 9.17) is 4.98 Å². The highest BCUT2D eigenvalue weighted by atomic mass is 32.1. The SMILES string of the molecule is C[C@H](c1nc2ccccc2s1)[NH+](C)CC(=O)Nc1ccc2ccccc2c1. The number of likely N-dealkylation sites (N-methyl/N-ethyl adjacent to an activating group) is 1. The number of amides is 1. The zero-order valence-electron chi connectivity index (χ0n) is 15.4. The second-order valence-electron chi connectivity index (χ2n) is 6.87. The molecule has 5 heteroatoms. The first-order valence-electron chi connectivity index (χ1n) is 9.06. The molecule has 2 atom stereocenters. The average Bonchev–Trinajstić information content (AvgIpc) is 3.11. The zero-order valence-corrected chi connectivity index (χ0v) is 16.2. The maximum absolute atomic E-state index is 12.5. The van der Waals surface area contributed by atoms with E-state index in [-0.39, 0.29) is 11.9 Å². The fourth-order valence-corrected chi connectivity index (χ4v) is 4.28. The molecular weight excluding hydrogens is 354 g/mol. The van der Waals surface area contributed by atoms with Gasteiger partial charge in [0.1, 0.15) is 6.04 Å². The third-order valence-corrected chi connectivity index (χ3v) is 6.11. The zero-order chi connectivity index (χ0) is 18.8. The first-order chi connectivity index (χ1) is 13.1. The number of anilines is 1. The molecule has 2 N–H and O–H groups in total. The number of para-hydroxylation sites is 1. The van der Waals surface area contributed by atoms with Gasteiger partial charge in [-0.2, -0.15) is 0 Å². The number of nitrogens with one attached hydrogen (secondary N) is 2. The number of nitrogens with zero attached hydrogens (tertiary/aromatic N) is 1. The van der Waals surface area contributed by atoms with Crippen molar-refractivity contribution in [3.05, 3.63) is 71.7 Å². The largest absolute Gasteiger partial charge is 0.322 e. The highest BCUT2D eigenvalue weighted by Crippen LogP contribution is 2.24. The Morgan fingerprint density at radius 1 is 1.07 bits per heavy atom. The Morgan fingerprint density at radius 2 is 1.81 bits per heavy atom. The number of carbonyl (C=O) groups excluding carboxylic acids is 1. The van der Waals surface area contributed by atoms with Crippen LogP contribution in [-0.4, -0.2) is 24.5 Å². The van der Waals surface area contributed by atoms with Crippen molar-refractivity contribution >= 4 is 43.9 Å². The smallest absolute Gasteiger partial charge is 0.279 e. The molecule has 0 bridgehead atoms. The van der Waals surface area contributed by atoms with E-state index in [1.807, 2.05) is 55.6 Å². The van der Waals surface area contributed by atoms with Crippen molar-refractivity contribution in [2.45, 2.75) is 13.0 Å². The molecule has 1 amide bonds. The van der Waals surface area contributed by atoms with Gasteiger partial charge in [0.25, 0.3) is 5.91 Å². The summed E-state index contributed by atoms with van der Waals surface area (Å²) in [6, 6.07) is 22.5. The van der Waals surface area contributed by atoms with E-state index >= 15 is 0 Å². The first-order valence-corrected chi connectivity index (χ1v) is 9.88. The van der Waals surface area contributed by atoms with E-state index in [1.165, 1.54) is 10.1 Å². The van der Waals surface area contributed by atoms with Gasteiger partial charge in [-0.15, -0.1) is 11.3 Å². The Hall–Kier alpha value is -2.76. The van der Waals surface area contributed by atoms with Gasteiger partial charge in [-0.25, -0.2) is 4.98 Å². The van der Waals surface area contributed by atoms with Crippen molar-refractivity contribution in [3.63, 3.8) is 0 Å². The Balaban J connectivity index is 1.43. The van der Waals surface area contributed by atoms with Crippen LogP contribution in [-0.2, 0) is 4.79 Å². The van der Waals surface area contributed by atoms with Crippen LogP contribution >= 0.6 is 11.3 Å². The van der Waals surface area contributed by atoms with Gasteiger partial charge in [0.05, 0.1) is 17.3 Å². The van der Waals surface area contributed by atoms with Gasteiger partial charge in [0.2, 0.25) is 0 Å². The van der Waals surface area contributed by atoms with E-state index in [0.717, 1.165) is 26.5 Å². The lowest BCUT2D eigenvalue weighted by Crippen LogP contribution is -3.10. The monoisotopic (exact) mass is 376 g/mol. The fourth-order valence-electron chi connectivity index (χ4n) is 3.16. The number of benzene rings is 3. The van der Waals surface area contributed by atoms with E-state index in [9.17, 15) is 4.79 Å². The average molecular weight is 377 g/mol. The molecule has 1 aromatic heterocycles. The maximum atomic E-state index is 12.5. The summed E-state index contributed by atoms with van der Waals surface area (Å²) in [6.07, 6.45) is 0. The molecule has 0 saturated heterocycles. The van der Waals surface area contributed by atoms with Gasteiger partial charge in [-0.3, -0.25) is 4.79 Å². The molecule has 0 spiro atoms. The number of fused-ring (bicyclic) bond motifs is 2. The molecule has 1 unspecified atom stereocenters. The van der Waals surface area contributed by atoms with Gasteiger partial charge < -0.3 is 10.2 Å². The summed E-state index contributed by atoms with van der Waals surface area (Å²) < 4.78 is 1.19. The van der Waals surface area contributed by atoms with Gasteiger partial charge in [-0.1, -0.05) is 42.5 Å². The van der Waals surface area contributed by atoms with Crippen molar-refractivity contribution < 1.29 is 9.69 Å². The van der Waals surface area contributed by atoms with Gasteiger partial charge >= 0.3 is 0 Å².